The minimum atomic E-state index is 0.626. The van der Waals surface area contributed by atoms with E-state index in [0.717, 1.165) is 17.6 Å². The molecule has 0 saturated heterocycles. The van der Waals surface area contributed by atoms with E-state index in [9.17, 15) is 0 Å². The number of benzene rings is 2. The lowest BCUT2D eigenvalue weighted by atomic mass is 9.82. The Kier molecular flexibility index (Phi) is 7.56. The summed E-state index contributed by atoms with van der Waals surface area (Å²) in [4.78, 5) is 0. The van der Waals surface area contributed by atoms with Gasteiger partial charge in [0.15, 0.2) is 0 Å². The minimum absolute atomic E-state index is 0.626. The molecule has 2 aromatic rings. The largest absolute Gasteiger partial charge is 0.489 e. The van der Waals surface area contributed by atoms with Crippen LogP contribution < -0.4 is 4.74 Å². The Morgan fingerprint density at radius 1 is 0.963 bits per heavy atom. The number of hydrogen-bond acceptors (Lipinski definition) is 1. The fourth-order valence-electron chi connectivity index (χ4n) is 4.08. The van der Waals surface area contributed by atoms with Crippen LogP contribution in [0.25, 0.3) is 5.57 Å². The monoisotopic (exact) mass is 362 g/mol. The van der Waals surface area contributed by atoms with Crippen LogP contribution in [-0.4, -0.2) is 0 Å². The number of hydrogen-bond donors (Lipinski definition) is 0. The fraction of sp³-hybridized carbons (Fsp3) is 0.462. The molecule has 1 atom stereocenters. The summed E-state index contributed by atoms with van der Waals surface area (Å²) in [6.45, 7) is 5.30. The van der Waals surface area contributed by atoms with Gasteiger partial charge in [0.05, 0.1) is 0 Å². The van der Waals surface area contributed by atoms with Crippen LogP contribution in [0.2, 0.25) is 0 Å². The number of allylic oxidation sites excluding steroid dienone is 2. The van der Waals surface area contributed by atoms with E-state index in [1.165, 1.54) is 61.6 Å². The molecule has 1 unspecified atom stereocenters. The number of rotatable bonds is 9. The Hall–Kier alpha value is -2.02. The highest BCUT2D eigenvalue weighted by Gasteiger charge is 2.16. The van der Waals surface area contributed by atoms with Gasteiger partial charge in [0.2, 0.25) is 0 Å². The first-order valence-electron chi connectivity index (χ1n) is 10.7. The van der Waals surface area contributed by atoms with Crippen molar-refractivity contribution in [2.75, 3.05) is 0 Å². The Morgan fingerprint density at radius 2 is 1.70 bits per heavy atom. The van der Waals surface area contributed by atoms with Crippen molar-refractivity contribution >= 4 is 5.57 Å². The molecule has 0 bridgehead atoms. The third-order valence-electron chi connectivity index (χ3n) is 6.13. The van der Waals surface area contributed by atoms with Crippen molar-refractivity contribution in [2.24, 2.45) is 11.8 Å². The summed E-state index contributed by atoms with van der Waals surface area (Å²) in [5, 5.41) is 0. The summed E-state index contributed by atoms with van der Waals surface area (Å²) in [5.41, 5.74) is 4.14. The number of ether oxygens (including phenoxy) is 1. The molecule has 0 amide bonds. The van der Waals surface area contributed by atoms with E-state index in [1.54, 1.807) is 0 Å². The van der Waals surface area contributed by atoms with E-state index in [2.05, 4.69) is 44.2 Å². The van der Waals surface area contributed by atoms with Crippen molar-refractivity contribution in [2.45, 2.75) is 65.4 Å². The molecule has 27 heavy (non-hydrogen) atoms. The average Bonchev–Trinajstić information content (AvgIpc) is 2.74. The van der Waals surface area contributed by atoms with Crippen LogP contribution in [0.1, 0.15) is 69.9 Å². The molecule has 1 aliphatic rings. The molecular formula is C26H34O. The van der Waals surface area contributed by atoms with Crippen LogP contribution in [0.4, 0.5) is 0 Å². The lowest BCUT2D eigenvalue weighted by Crippen LogP contribution is -2.08. The molecule has 0 radical (unpaired) electrons. The zero-order valence-corrected chi connectivity index (χ0v) is 17.0. The Balaban J connectivity index is 1.49. The smallest absolute Gasteiger partial charge is 0.119 e. The van der Waals surface area contributed by atoms with Crippen molar-refractivity contribution < 1.29 is 4.74 Å². The molecular weight excluding hydrogens is 328 g/mol. The summed E-state index contributed by atoms with van der Waals surface area (Å²) in [6, 6.07) is 19.0. The van der Waals surface area contributed by atoms with E-state index in [1.807, 2.05) is 30.3 Å². The quantitative estimate of drug-likeness (QED) is 0.445. The Bertz CT molecular complexity index is 695. The number of para-hydroxylation sites is 1. The van der Waals surface area contributed by atoms with Crippen molar-refractivity contribution in [3.63, 3.8) is 0 Å². The molecule has 1 heteroatoms. The first kappa shape index (κ1) is 19.7. The summed E-state index contributed by atoms with van der Waals surface area (Å²) in [5.74, 6) is 2.75. The van der Waals surface area contributed by atoms with Crippen LogP contribution in [0, 0.1) is 11.8 Å². The van der Waals surface area contributed by atoms with Gasteiger partial charge in [0.1, 0.15) is 12.4 Å². The molecule has 0 spiro atoms. The van der Waals surface area contributed by atoms with Crippen molar-refractivity contribution in [3.8, 4) is 5.75 Å². The second kappa shape index (κ2) is 10.3. The minimum Gasteiger partial charge on any atom is -0.489 e. The molecule has 1 nitrogen and oxygen atoms in total. The lowest BCUT2D eigenvalue weighted by molar-refractivity contribution is 0.306. The van der Waals surface area contributed by atoms with Crippen LogP contribution in [0.3, 0.4) is 0 Å². The first-order chi connectivity index (χ1) is 13.3. The lowest BCUT2D eigenvalue weighted by Gasteiger charge is -2.24. The average molecular weight is 363 g/mol. The van der Waals surface area contributed by atoms with Gasteiger partial charge in [0, 0.05) is 0 Å². The maximum atomic E-state index is 5.84. The van der Waals surface area contributed by atoms with Gasteiger partial charge < -0.3 is 4.74 Å². The fourth-order valence-corrected chi connectivity index (χ4v) is 4.08. The third-order valence-corrected chi connectivity index (χ3v) is 6.13. The predicted molar refractivity (Wildman–Crippen MR) is 116 cm³/mol. The summed E-state index contributed by atoms with van der Waals surface area (Å²) in [6.07, 6.45) is 11.8. The zero-order chi connectivity index (χ0) is 18.9. The molecule has 0 heterocycles. The van der Waals surface area contributed by atoms with E-state index < -0.39 is 0 Å². The maximum absolute atomic E-state index is 5.84. The normalized spacial score (nSPS) is 17.0. The van der Waals surface area contributed by atoms with Gasteiger partial charge in [-0.2, -0.15) is 0 Å². The summed E-state index contributed by atoms with van der Waals surface area (Å²) in [7, 11) is 0. The standard InChI is InChI=1S/C26H34O/c1-3-21(4-2)10-11-22-12-16-24(17-13-22)25-18-14-23(15-19-25)20-27-26-8-6-5-7-9-26/h5-9,14-16,18-19,21-22H,3-4,10-13,17,20H2,1-2H3. The molecule has 3 rings (SSSR count). The van der Waals surface area contributed by atoms with Crippen LogP contribution in [-0.2, 0) is 6.61 Å². The van der Waals surface area contributed by atoms with Gasteiger partial charge in [-0.1, -0.05) is 81.7 Å². The Morgan fingerprint density at radius 3 is 2.33 bits per heavy atom. The van der Waals surface area contributed by atoms with Crippen LogP contribution >= 0.6 is 0 Å². The van der Waals surface area contributed by atoms with Crippen LogP contribution in [0.5, 0.6) is 5.75 Å². The van der Waals surface area contributed by atoms with Gasteiger partial charge in [-0.15, -0.1) is 0 Å². The highest BCUT2D eigenvalue weighted by Crippen LogP contribution is 2.33. The highest BCUT2D eigenvalue weighted by atomic mass is 16.5. The van der Waals surface area contributed by atoms with Gasteiger partial charge in [-0.3, -0.25) is 0 Å². The second-order valence-corrected chi connectivity index (χ2v) is 7.93. The highest BCUT2D eigenvalue weighted by molar-refractivity contribution is 5.66. The summed E-state index contributed by atoms with van der Waals surface area (Å²) >= 11 is 0. The molecule has 0 fully saturated rings. The first-order valence-corrected chi connectivity index (χ1v) is 10.7. The van der Waals surface area contributed by atoms with Gasteiger partial charge >= 0.3 is 0 Å². The Labute approximate surface area is 165 Å². The SMILES string of the molecule is CCC(CC)CCC1CC=C(c2ccc(COc3ccccc3)cc2)CC1. The van der Waals surface area contributed by atoms with Gasteiger partial charge in [0.25, 0.3) is 0 Å². The second-order valence-electron chi connectivity index (χ2n) is 7.93. The van der Waals surface area contributed by atoms with Crippen molar-refractivity contribution in [3.05, 3.63) is 71.8 Å². The maximum Gasteiger partial charge on any atom is 0.119 e. The molecule has 144 valence electrons. The molecule has 0 N–H and O–H groups in total. The van der Waals surface area contributed by atoms with Crippen LogP contribution in [0.15, 0.2) is 60.7 Å². The van der Waals surface area contributed by atoms with E-state index in [0.29, 0.717) is 6.61 Å². The van der Waals surface area contributed by atoms with Gasteiger partial charge in [-0.25, -0.2) is 0 Å². The molecule has 0 saturated carbocycles. The van der Waals surface area contributed by atoms with Crippen molar-refractivity contribution in [1.82, 2.24) is 0 Å². The predicted octanol–water partition coefficient (Wildman–Crippen LogP) is 7.67. The van der Waals surface area contributed by atoms with Crippen molar-refractivity contribution in [1.29, 1.82) is 0 Å². The van der Waals surface area contributed by atoms with E-state index >= 15 is 0 Å². The molecule has 0 aliphatic heterocycles. The van der Waals surface area contributed by atoms with Gasteiger partial charge in [-0.05, 0) is 66.4 Å². The molecule has 2 aromatic carbocycles. The topological polar surface area (TPSA) is 9.23 Å². The summed E-state index contributed by atoms with van der Waals surface area (Å²) < 4.78 is 5.84. The molecule has 1 aliphatic carbocycles. The van der Waals surface area contributed by atoms with E-state index in [-0.39, 0.29) is 0 Å². The van der Waals surface area contributed by atoms with E-state index in [4.69, 9.17) is 4.74 Å². The molecule has 0 aromatic heterocycles. The third kappa shape index (κ3) is 5.99. The zero-order valence-electron chi connectivity index (χ0n) is 17.0.